The van der Waals surface area contributed by atoms with Crippen molar-refractivity contribution in [1.82, 2.24) is 9.96 Å². The molecule has 138 valence electrons. The van der Waals surface area contributed by atoms with Crippen molar-refractivity contribution in [2.24, 2.45) is 5.92 Å². The maximum atomic E-state index is 13.7. The summed E-state index contributed by atoms with van der Waals surface area (Å²) in [7, 11) is 0. The summed E-state index contributed by atoms with van der Waals surface area (Å²) < 4.78 is 13.7. The zero-order valence-electron chi connectivity index (χ0n) is 15.0. The van der Waals surface area contributed by atoms with Crippen LogP contribution in [0.25, 0.3) is 0 Å². The van der Waals surface area contributed by atoms with Gasteiger partial charge in [-0.3, -0.25) is 9.63 Å². The van der Waals surface area contributed by atoms with Gasteiger partial charge in [0.05, 0.1) is 6.61 Å². The highest BCUT2D eigenvalue weighted by Gasteiger charge is 2.24. The van der Waals surface area contributed by atoms with Gasteiger partial charge < -0.3 is 4.90 Å². The van der Waals surface area contributed by atoms with Crippen molar-refractivity contribution in [2.75, 3.05) is 32.8 Å². The minimum absolute atomic E-state index is 0.118. The Morgan fingerprint density at radius 1 is 1.20 bits per heavy atom. The molecule has 0 bridgehead atoms. The van der Waals surface area contributed by atoms with Crippen molar-refractivity contribution in [1.29, 1.82) is 0 Å². The molecular weight excluding hydrogens is 319 g/mol. The summed E-state index contributed by atoms with van der Waals surface area (Å²) in [4.78, 5) is 20.1. The first-order valence-electron chi connectivity index (χ1n) is 9.61. The lowest BCUT2D eigenvalue weighted by Crippen LogP contribution is -2.42. The van der Waals surface area contributed by atoms with Crippen LogP contribution >= 0.6 is 0 Å². The minimum Gasteiger partial charge on any atom is -0.342 e. The Bertz CT molecular complexity index is 560. The van der Waals surface area contributed by atoms with Crippen LogP contribution in [0.3, 0.4) is 0 Å². The third-order valence-corrected chi connectivity index (χ3v) is 5.30. The van der Waals surface area contributed by atoms with E-state index in [1.165, 1.54) is 6.07 Å². The Morgan fingerprint density at radius 3 is 2.88 bits per heavy atom. The second kappa shape index (κ2) is 9.30. The van der Waals surface area contributed by atoms with E-state index in [2.05, 4.69) is 0 Å². The van der Waals surface area contributed by atoms with Gasteiger partial charge in [-0.2, -0.15) is 5.06 Å². The van der Waals surface area contributed by atoms with Crippen molar-refractivity contribution in [2.45, 2.75) is 44.9 Å². The zero-order chi connectivity index (χ0) is 17.5. The largest absolute Gasteiger partial charge is 0.342 e. The topological polar surface area (TPSA) is 32.8 Å². The monoisotopic (exact) mass is 348 g/mol. The molecule has 0 aromatic heterocycles. The van der Waals surface area contributed by atoms with E-state index in [-0.39, 0.29) is 11.7 Å². The number of carbonyl (C=O) groups excluding carboxylic acids is 1. The average molecular weight is 348 g/mol. The Labute approximate surface area is 149 Å². The van der Waals surface area contributed by atoms with Crippen LogP contribution in [-0.2, 0) is 16.1 Å². The second-order valence-corrected chi connectivity index (χ2v) is 7.20. The number of hydrogen-bond acceptors (Lipinski definition) is 3. The van der Waals surface area contributed by atoms with E-state index in [0.717, 1.165) is 70.3 Å². The molecule has 2 heterocycles. The number of hydrogen-bond donors (Lipinski definition) is 0. The van der Waals surface area contributed by atoms with E-state index < -0.39 is 0 Å². The Hall–Kier alpha value is -1.46. The Kier molecular flexibility index (Phi) is 6.82. The molecule has 1 amide bonds. The molecule has 2 saturated heterocycles. The molecule has 25 heavy (non-hydrogen) atoms. The first kappa shape index (κ1) is 18.3. The normalized spacial score (nSPS) is 22.1. The average Bonchev–Trinajstić information content (AvgIpc) is 2.66. The number of hydroxylamine groups is 2. The molecular formula is C20H29FN2O2. The Balaban J connectivity index is 1.42. The maximum absolute atomic E-state index is 13.7. The summed E-state index contributed by atoms with van der Waals surface area (Å²) in [6.45, 7) is 4.06. The van der Waals surface area contributed by atoms with Crippen LogP contribution in [-0.4, -0.2) is 48.7 Å². The summed E-state index contributed by atoms with van der Waals surface area (Å²) in [5.41, 5.74) is 0.785. The maximum Gasteiger partial charge on any atom is 0.223 e. The molecule has 0 spiro atoms. The molecule has 1 aromatic carbocycles. The first-order chi connectivity index (χ1) is 12.2. The van der Waals surface area contributed by atoms with Crippen molar-refractivity contribution >= 4 is 5.91 Å². The second-order valence-electron chi connectivity index (χ2n) is 7.20. The van der Waals surface area contributed by atoms with Crippen molar-refractivity contribution in [3.05, 3.63) is 35.6 Å². The van der Waals surface area contributed by atoms with Crippen LogP contribution in [0.5, 0.6) is 0 Å². The third-order valence-electron chi connectivity index (χ3n) is 5.30. The molecule has 2 aliphatic rings. The number of benzene rings is 1. The Morgan fingerprint density at radius 2 is 2.08 bits per heavy atom. The van der Waals surface area contributed by atoms with E-state index in [1.54, 1.807) is 6.07 Å². The smallest absolute Gasteiger partial charge is 0.223 e. The van der Waals surface area contributed by atoms with Crippen LogP contribution in [0.4, 0.5) is 4.39 Å². The van der Waals surface area contributed by atoms with Gasteiger partial charge >= 0.3 is 0 Å². The summed E-state index contributed by atoms with van der Waals surface area (Å²) in [6, 6.07) is 7.00. The number of carbonyl (C=O) groups is 1. The molecule has 0 aliphatic carbocycles. The lowest BCUT2D eigenvalue weighted by atomic mass is 9.91. The first-order valence-corrected chi connectivity index (χ1v) is 9.61. The number of piperidine rings is 1. The zero-order valence-corrected chi connectivity index (χ0v) is 15.0. The summed E-state index contributed by atoms with van der Waals surface area (Å²) in [6.07, 6.45) is 6.67. The number of amides is 1. The van der Waals surface area contributed by atoms with Crippen LogP contribution < -0.4 is 0 Å². The highest BCUT2D eigenvalue weighted by Crippen LogP contribution is 2.23. The molecule has 0 radical (unpaired) electrons. The van der Waals surface area contributed by atoms with Gasteiger partial charge in [0.15, 0.2) is 0 Å². The number of rotatable bonds is 6. The summed E-state index contributed by atoms with van der Waals surface area (Å²) in [5.74, 6) is 0.584. The molecule has 3 rings (SSSR count). The van der Waals surface area contributed by atoms with Gasteiger partial charge in [0.1, 0.15) is 5.82 Å². The van der Waals surface area contributed by atoms with Crippen molar-refractivity contribution in [3.8, 4) is 0 Å². The fraction of sp³-hybridized carbons (Fsp3) is 0.650. The van der Waals surface area contributed by atoms with Gasteiger partial charge in [-0.25, -0.2) is 4.39 Å². The molecule has 2 aliphatic heterocycles. The molecule has 1 aromatic rings. The van der Waals surface area contributed by atoms with Gasteiger partial charge in [-0.1, -0.05) is 18.2 Å². The fourth-order valence-electron chi connectivity index (χ4n) is 3.79. The molecule has 1 atom stereocenters. The summed E-state index contributed by atoms with van der Waals surface area (Å²) >= 11 is 0. The van der Waals surface area contributed by atoms with Crippen LogP contribution in [0.15, 0.2) is 24.3 Å². The SMILES string of the molecule is O=C(CCN1CCCCO1)N1CCC[C@@H](CCc2ccccc2F)C1. The van der Waals surface area contributed by atoms with E-state index >= 15 is 0 Å². The van der Waals surface area contributed by atoms with E-state index in [4.69, 9.17) is 4.84 Å². The minimum atomic E-state index is -0.118. The van der Waals surface area contributed by atoms with Crippen molar-refractivity contribution in [3.63, 3.8) is 0 Å². The predicted octanol–water partition coefficient (Wildman–Crippen LogP) is 3.41. The standard InChI is InChI=1S/C20H29FN2O2/c21-19-8-2-1-7-18(19)10-9-17-6-5-12-22(16-17)20(24)11-14-23-13-3-4-15-25-23/h1-2,7-8,17H,3-6,9-16H2/t17-/m0/s1. The van der Waals surface area contributed by atoms with Crippen LogP contribution in [0.2, 0.25) is 0 Å². The molecule has 0 unspecified atom stereocenters. The lowest BCUT2D eigenvalue weighted by Gasteiger charge is -2.34. The predicted molar refractivity (Wildman–Crippen MR) is 95.4 cm³/mol. The highest BCUT2D eigenvalue weighted by molar-refractivity contribution is 5.76. The number of nitrogens with zero attached hydrogens (tertiary/aromatic N) is 2. The van der Waals surface area contributed by atoms with E-state index in [1.807, 2.05) is 22.1 Å². The van der Waals surface area contributed by atoms with E-state index in [0.29, 0.717) is 18.9 Å². The lowest BCUT2D eigenvalue weighted by molar-refractivity contribution is -0.182. The van der Waals surface area contributed by atoms with Gasteiger partial charge in [0.25, 0.3) is 0 Å². The number of aryl methyl sites for hydroxylation is 1. The quantitative estimate of drug-likeness (QED) is 0.790. The van der Waals surface area contributed by atoms with Crippen LogP contribution in [0.1, 0.15) is 44.1 Å². The third kappa shape index (κ3) is 5.51. The van der Waals surface area contributed by atoms with Crippen molar-refractivity contribution < 1.29 is 14.0 Å². The number of likely N-dealkylation sites (tertiary alicyclic amines) is 1. The summed E-state index contributed by atoms with van der Waals surface area (Å²) in [5, 5.41) is 1.93. The van der Waals surface area contributed by atoms with Gasteiger partial charge in [0.2, 0.25) is 5.91 Å². The highest BCUT2D eigenvalue weighted by atomic mass is 19.1. The number of halogens is 1. The van der Waals surface area contributed by atoms with E-state index in [9.17, 15) is 9.18 Å². The van der Waals surface area contributed by atoms with Gasteiger partial charge in [-0.05, 0) is 56.1 Å². The fourth-order valence-corrected chi connectivity index (χ4v) is 3.79. The van der Waals surface area contributed by atoms with Gasteiger partial charge in [-0.15, -0.1) is 0 Å². The molecule has 5 heteroatoms. The molecule has 4 nitrogen and oxygen atoms in total. The molecule has 0 N–H and O–H groups in total. The van der Waals surface area contributed by atoms with Crippen LogP contribution in [0, 0.1) is 11.7 Å². The molecule has 0 saturated carbocycles. The van der Waals surface area contributed by atoms with Gasteiger partial charge in [0, 0.05) is 32.6 Å². The molecule has 2 fully saturated rings.